The summed E-state index contributed by atoms with van der Waals surface area (Å²) in [4.78, 5) is 25.4. The van der Waals surface area contributed by atoms with Gasteiger partial charge in [0, 0.05) is 5.69 Å². The van der Waals surface area contributed by atoms with Gasteiger partial charge in [-0.2, -0.15) is 0 Å². The molecule has 0 aliphatic carbocycles. The largest absolute Gasteiger partial charge is 0.482 e. The number of methoxy groups -OCH3 is 1. The average Bonchev–Trinajstić information content (AvgIpc) is 2.54. The number of anilines is 2. The van der Waals surface area contributed by atoms with E-state index in [9.17, 15) is 9.59 Å². The van der Waals surface area contributed by atoms with E-state index in [4.69, 9.17) is 9.47 Å². The highest BCUT2D eigenvalue weighted by Gasteiger charge is 2.27. The van der Waals surface area contributed by atoms with Crippen LogP contribution < -0.4 is 9.64 Å². The molecule has 21 heavy (non-hydrogen) atoms. The van der Waals surface area contributed by atoms with Gasteiger partial charge >= 0.3 is 5.97 Å². The topological polar surface area (TPSA) is 55.8 Å². The lowest BCUT2D eigenvalue weighted by Crippen LogP contribution is -2.35. The number of rotatable bonds is 2. The fourth-order valence-electron chi connectivity index (χ4n) is 2.26. The summed E-state index contributed by atoms with van der Waals surface area (Å²) in [6.45, 7) is -0.0283. The summed E-state index contributed by atoms with van der Waals surface area (Å²) in [5.41, 5.74) is 1.64. The van der Waals surface area contributed by atoms with Crippen molar-refractivity contribution in [1.82, 2.24) is 0 Å². The Labute approximate surface area is 121 Å². The monoisotopic (exact) mass is 283 g/mol. The van der Waals surface area contributed by atoms with E-state index in [2.05, 4.69) is 0 Å². The Bertz CT molecular complexity index is 697. The number of carbonyl (C=O) groups is 2. The molecular weight excluding hydrogens is 270 g/mol. The van der Waals surface area contributed by atoms with E-state index in [-0.39, 0.29) is 12.5 Å². The third-order valence-corrected chi connectivity index (χ3v) is 3.24. The zero-order valence-corrected chi connectivity index (χ0v) is 11.4. The van der Waals surface area contributed by atoms with E-state index >= 15 is 0 Å². The second kappa shape index (κ2) is 5.28. The highest BCUT2D eigenvalue weighted by atomic mass is 16.5. The molecule has 0 saturated carbocycles. The molecule has 5 heteroatoms. The van der Waals surface area contributed by atoms with Gasteiger partial charge in [0.2, 0.25) is 0 Å². The van der Waals surface area contributed by atoms with E-state index < -0.39 is 5.97 Å². The number of ether oxygens (including phenoxy) is 2. The van der Waals surface area contributed by atoms with Crippen LogP contribution in [0, 0.1) is 0 Å². The summed E-state index contributed by atoms with van der Waals surface area (Å²) in [6.07, 6.45) is 0. The summed E-state index contributed by atoms with van der Waals surface area (Å²) in [5, 5.41) is 0. The Morgan fingerprint density at radius 2 is 1.95 bits per heavy atom. The van der Waals surface area contributed by atoms with Crippen LogP contribution in [0.2, 0.25) is 0 Å². The molecule has 1 aliphatic heterocycles. The number of carbonyl (C=O) groups excluding carboxylic acids is 2. The number of fused-ring (bicyclic) bond motifs is 1. The van der Waals surface area contributed by atoms with E-state index in [0.717, 1.165) is 5.69 Å². The first-order valence-electron chi connectivity index (χ1n) is 6.44. The molecule has 3 rings (SSSR count). The number of amides is 1. The molecule has 0 bridgehead atoms. The van der Waals surface area contributed by atoms with Crippen LogP contribution in [0.4, 0.5) is 11.4 Å². The minimum absolute atomic E-state index is 0.0283. The number of benzene rings is 2. The minimum Gasteiger partial charge on any atom is -0.482 e. The zero-order valence-electron chi connectivity index (χ0n) is 11.4. The van der Waals surface area contributed by atoms with E-state index in [0.29, 0.717) is 17.0 Å². The molecule has 1 amide bonds. The smallest absolute Gasteiger partial charge is 0.337 e. The predicted octanol–water partition coefficient (Wildman–Crippen LogP) is 2.53. The molecule has 5 nitrogen and oxygen atoms in total. The summed E-state index contributed by atoms with van der Waals surface area (Å²) >= 11 is 0. The van der Waals surface area contributed by atoms with Crippen LogP contribution in [-0.2, 0) is 9.53 Å². The van der Waals surface area contributed by atoms with Gasteiger partial charge in [-0.15, -0.1) is 0 Å². The lowest BCUT2D eigenvalue weighted by atomic mass is 10.1. The van der Waals surface area contributed by atoms with Crippen LogP contribution in [0.15, 0.2) is 48.5 Å². The molecule has 1 heterocycles. The standard InChI is InChI=1S/C16H13NO4/c1-20-16(19)11-7-8-14-13(9-11)17(15(18)10-21-14)12-5-3-2-4-6-12/h2-9H,10H2,1H3. The first-order valence-corrected chi connectivity index (χ1v) is 6.44. The summed E-state index contributed by atoms with van der Waals surface area (Å²) in [5.74, 6) is -0.0781. The summed E-state index contributed by atoms with van der Waals surface area (Å²) in [7, 11) is 1.32. The highest BCUT2D eigenvalue weighted by Crippen LogP contribution is 2.37. The van der Waals surface area contributed by atoms with Crippen LogP contribution >= 0.6 is 0 Å². The van der Waals surface area contributed by atoms with Gasteiger partial charge < -0.3 is 9.47 Å². The molecule has 0 unspecified atom stereocenters. The zero-order chi connectivity index (χ0) is 14.8. The normalized spacial score (nSPS) is 13.4. The van der Waals surface area contributed by atoms with Gasteiger partial charge in [0.15, 0.2) is 6.61 Å². The van der Waals surface area contributed by atoms with Gasteiger partial charge in [-0.25, -0.2) is 4.79 Å². The van der Waals surface area contributed by atoms with Crippen molar-refractivity contribution in [3.05, 3.63) is 54.1 Å². The number of nitrogens with zero attached hydrogens (tertiary/aromatic N) is 1. The number of para-hydroxylation sites is 1. The first-order chi connectivity index (χ1) is 10.2. The van der Waals surface area contributed by atoms with Gasteiger partial charge in [0.25, 0.3) is 5.91 Å². The minimum atomic E-state index is -0.455. The van der Waals surface area contributed by atoms with E-state index in [1.165, 1.54) is 7.11 Å². The maximum Gasteiger partial charge on any atom is 0.337 e. The predicted molar refractivity (Wildman–Crippen MR) is 76.9 cm³/mol. The van der Waals surface area contributed by atoms with Crippen LogP contribution in [0.1, 0.15) is 10.4 Å². The molecular formula is C16H13NO4. The SMILES string of the molecule is COC(=O)c1ccc2c(c1)N(c1ccccc1)C(=O)CO2. The van der Waals surface area contributed by atoms with Gasteiger partial charge in [-0.1, -0.05) is 18.2 Å². The van der Waals surface area contributed by atoms with Crippen molar-refractivity contribution >= 4 is 23.3 Å². The average molecular weight is 283 g/mol. The maximum absolute atomic E-state index is 12.2. The fraction of sp³-hybridized carbons (Fsp3) is 0.125. The van der Waals surface area contributed by atoms with Crippen LogP contribution in [0.25, 0.3) is 0 Å². The third kappa shape index (κ3) is 2.33. The first kappa shape index (κ1) is 13.2. The summed E-state index contributed by atoms with van der Waals surface area (Å²) in [6, 6.07) is 14.1. The maximum atomic E-state index is 12.2. The number of esters is 1. The molecule has 0 spiro atoms. The molecule has 0 aromatic heterocycles. The molecule has 2 aromatic rings. The van der Waals surface area contributed by atoms with Gasteiger partial charge in [0.1, 0.15) is 5.75 Å². The molecule has 1 aliphatic rings. The van der Waals surface area contributed by atoms with Gasteiger partial charge in [-0.3, -0.25) is 9.69 Å². The molecule has 0 saturated heterocycles. The highest BCUT2D eigenvalue weighted by molar-refractivity contribution is 6.05. The van der Waals surface area contributed by atoms with Crippen LogP contribution in [-0.4, -0.2) is 25.6 Å². The van der Waals surface area contributed by atoms with Crippen molar-refractivity contribution in [2.75, 3.05) is 18.6 Å². The lowest BCUT2D eigenvalue weighted by molar-refractivity contribution is -0.120. The third-order valence-electron chi connectivity index (χ3n) is 3.24. The van der Waals surface area contributed by atoms with Crippen molar-refractivity contribution in [2.45, 2.75) is 0 Å². The van der Waals surface area contributed by atoms with Gasteiger partial charge in [0.05, 0.1) is 18.4 Å². The number of hydrogen-bond donors (Lipinski definition) is 0. The fourth-order valence-corrected chi connectivity index (χ4v) is 2.26. The molecule has 0 radical (unpaired) electrons. The van der Waals surface area contributed by atoms with Crippen molar-refractivity contribution in [3.8, 4) is 5.75 Å². The van der Waals surface area contributed by atoms with Crippen molar-refractivity contribution in [2.24, 2.45) is 0 Å². The number of hydrogen-bond acceptors (Lipinski definition) is 4. The molecule has 2 aromatic carbocycles. The van der Waals surface area contributed by atoms with E-state index in [1.807, 2.05) is 30.3 Å². The van der Waals surface area contributed by atoms with E-state index in [1.54, 1.807) is 23.1 Å². The molecule has 0 atom stereocenters. The second-order valence-electron chi connectivity index (χ2n) is 4.53. The Balaban J connectivity index is 2.11. The van der Waals surface area contributed by atoms with Gasteiger partial charge in [-0.05, 0) is 30.3 Å². The molecule has 106 valence electrons. The van der Waals surface area contributed by atoms with Crippen LogP contribution in [0.3, 0.4) is 0 Å². The lowest BCUT2D eigenvalue weighted by Gasteiger charge is -2.29. The van der Waals surface area contributed by atoms with Crippen molar-refractivity contribution < 1.29 is 19.1 Å². The van der Waals surface area contributed by atoms with Crippen molar-refractivity contribution in [1.29, 1.82) is 0 Å². The van der Waals surface area contributed by atoms with Crippen LogP contribution in [0.5, 0.6) is 5.75 Å². The Morgan fingerprint density at radius 1 is 1.19 bits per heavy atom. The second-order valence-corrected chi connectivity index (χ2v) is 4.53. The molecule has 0 fully saturated rings. The quantitative estimate of drug-likeness (QED) is 0.795. The Hall–Kier alpha value is -2.82. The summed E-state index contributed by atoms with van der Waals surface area (Å²) < 4.78 is 10.1. The molecule has 0 N–H and O–H groups in total. The Morgan fingerprint density at radius 3 is 2.67 bits per heavy atom. The Kier molecular flexibility index (Phi) is 3.31. The van der Waals surface area contributed by atoms with Crippen molar-refractivity contribution in [3.63, 3.8) is 0 Å².